The number of carboxylic acids is 1. The normalized spacial score (nSPS) is 12.3. The zero-order valence-electron chi connectivity index (χ0n) is 14.0. The summed E-state index contributed by atoms with van der Waals surface area (Å²) in [5, 5.41) is 15.8. The molecule has 130 valence electrons. The number of rotatable bonds is 8. The van der Waals surface area contributed by atoms with Crippen LogP contribution in [-0.2, 0) is 16.0 Å². The van der Waals surface area contributed by atoms with Gasteiger partial charge in [0.05, 0.1) is 18.0 Å². The van der Waals surface area contributed by atoms with E-state index in [9.17, 15) is 14.7 Å². The lowest BCUT2D eigenvalue weighted by Gasteiger charge is -2.15. The van der Waals surface area contributed by atoms with Crippen molar-refractivity contribution in [1.82, 2.24) is 10.3 Å². The van der Waals surface area contributed by atoms with Crippen LogP contribution in [0.2, 0.25) is 0 Å². The van der Waals surface area contributed by atoms with E-state index < -0.39 is 11.9 Å². The second kappa shape index (κ2) is 8.10. The monoisotopic (exact) mass is 350 g/mol. The number of aliphatic carboxylic acids is 1. The first-order chi connectivity index (χ1) is 11.4. The van der Waals surface area contributed by atoms with Gasteiger partial charge in [-0.2, -0.15) is 11.3 Å². The minimum atomic E-state index is -0.888. The van der Waals surface area contributed by atoms with Gasteiger partial charge in [-0.3, -0.25) is 9.59 Å². The SMILES string of the molecule is Cc1oc(-c2ccsc2)nc1CC(=O)NCC(CC(C)C)C(=O)O. The van der Waals surface area contributed by atoms with Gasteiger partial charge < -0.3 is 14.8 Å². The molecule has 6 nitrogen and oxygen atoms in total. The van der Waals surface area contributed by atoms with Gasteiger partial charge in [0, 0.05) is 17.5 Å². The van der Waals surface area contributed by atoms with Crippen molar-refractivity contribution in [2.75, 3.05) is 6.54 Å². The highest BCUT2D eigenvalue weighted by Crippen LogP contribution is 2.24. The van der Waals surface area contributed by atoms with E-state index in [1.807, 2.05) is 30.7 Å². The Bertz CT molecular complexity index is 692. The standard InChI is InChI=1S/C17H22N2O4S/c1-10(2)6-13(17(21)22)8-18-15(20)7-14-11(3)23-16(19-14)12-4-5-24-9-12/h4-5,9-10,13H,6-8H2,1-3H3,(H,18,20)(H,21,22). The topological polar surface area (TPSA) is 92.4 Å². The molecule has 2 rings (SSSR count). The van der Waals surface area contributed by atoms with E-state index in [2.05, 4.69) is 10.3 Å². The van der Waals surface area contributed by atoms with Crippen molar-refractivity contribution in [2.45, 2.75) is 33.6 Å². The summed E-state index contributed by atoms with van der Waals surface area (Å²) in [5.74, 6) is -0.356. The average molecular weight is 350 g/mol. The minimum absolute atomic E-state index is 0.0769. The zero-order chi connectivity index (χ0) is 17.7. The van der Waals surface area contributed by atoms with Gasteiger partial charge in [0.25, 0.3) is 0 Å². The lowest BCUT2D eigenvalue weighted by molar-refractivity contribution is -0.142. The summed E-state index contributed by atoms with van der Waals surface area (Å²) in [7, 11) is 0. The van der Waals surface area contributed by atoms with Gasteiger partial charge in [-0.15, -0.1) is 0 Å². The van der Waals surface area contributed by atoms with Gasteiger partial charge in [-0.05, 0) is 30.7 Å². The van der Waals surface area contributed by atoms with Crippen LogP contribution in [0.4, 0.5) is 0 Å². The molecule has 0 fully saturated rings. The third kappa shape index (κ3) is 4.92. The van der Waals surface area contributed by atoms with Crippen LogP contribution in [0, 0.1) is 18.8 Å². The van der Waals surface area contributed by atoms with E-state index in [-0.39, 0.29) is 24.8 Å². The molecule has 24 heavy (non-hydrogen) atoms. The quantitative estimate of drug-likeness (QED) is 0.763. The summed E-state index contributed by atoms with van der Waals surface area (Å²) < 4.78 is 5.60. The zero-order valence-corrected chi connectivity index (χ0v) is 14.9. The molecular weight excluding hydrogens is 328 g/mol. The molecule has 1 amide bonds. The first-order valence-corrected chi connectivity index (χ1v) is 8.79. The first-order valence-electron chi connectivity index (χ1n) is 7.85. The number of oxazole rings is 1. The van der Waals surface area contributed by atoms with Crippen LogP contribution in [0.1, 0.15) is 31.7 Å². The molecule has 1 atom stereocenters. The maximum Gasteiger partial charge on any atom is 0.308 e. The third-order valence-corrected chi connectivity index (χ3v) is 4.32. The van der Waals surface area contributed by atoms with Crippen LogP contribution in [0.15, 0.2) is 21.2 Å². The smallest absolute Gasteiger partial charge is 0.308 e. The number of thiophene rings is 1. The van der Waals surface area contributed by atoms with Crippen LogP contribution < -0.4 is 5.32 Å². The van der Waals surface area contributed by atoms with E-state index in [1.165, 1.54) is 0 Å². The van der Waals surface area contributed by atoms with Gasteiger partial charge in [0.15, 0.2) is 0 Å². The number of nitrogens with one attached hydrogen (secondary N) is 1. The molecule has 0 saturated carbocycles. The van der Waals surface area contributed by atoms with Crippen molar-refractivity contribution >= 4 is 23.2 Å². The predicted molar refractivity (Wildman–Crippen MR) is 91.8 cm³/mol. The maximum absolute atomic E-state index is 12.1. The Morgan fingerprint density at radius 2 is 2.17 bits per heavy atom. The number of carboxylic acid groups (broad SMARTS) is 1. The van der Waals surface area contributed by atoms with Crippen molar-refractivity contribution in [2.24, 2.45) is 11.8 Å². The van der Waals surface area contributed by atoms with Gasteiger partial charge in [-0.1, -0.05) is 13.8 Å². The second-order valence-corrected chi connectivity index (χ2v) is 6.96. The fourth-order valence-corrected chi connectivity index (χ4v) is 3.02. The van der Waals surface area contributed by atoms with Crippen LogP contribution in [0.5, 0.6) is 0 Å². The Balaban J connectivity index is 1.94. The van der Waals surface area contributed by atoms with E-state index in [0.29, 0.717) is 23.8 Å². The summed E-state index contributed by atoms with van der Waals surface area (Å²) >= 11 is 1.55. The summed E-state index contributed by atoms with van der Waals surface area (Å²) in [6.45, 7) is 5.82. The van der Waals surface area contributed by atoms with Crippen molar-refractivity contribution in [1.29, 1.82) is 0 Å². The summed E-state index contributed by atoms with van der Waals surface area (Å²) in [4.78, 5) is 27.7. The highest BCUT2D eigenvalue weighted by atomic mass is 32.1. The molecule has 2 aromatic rings. The Hall–Kier alpha value is -2.15. The number of hydrogen-bond acceptors (Lipinski definition) is 5. The molecule has 0 aliphatic carbocycles. The van der Waals surface area contributed by atoms with Gasteiger partial charge in [0.2, 0.25) is 11.8 Å². The minimum Gasteiger partial charge on any atom is -0.481 e. The fourth-order valence-electron chi connectivity index (χ4n) is 2.39. The number of aromatic nitrogens is 1. The predicted octanol–water partition coefficient (Wildman–Crippen LogP) is 3.12. The Kier molecular flexibility index (Phi) is 6.14. The van der Waals surface area contributed by atoms with Crippen molar-refractivity contribution in [3.05, 3.63) is 28.3 Å². The molecule has 0 bridgehead atoms. The van der Waals surface area contributed by atoms with Crippen LogP contribution in [0.3, 0.4) is 0 Å². The van der Waals surface area contributed by atoms with Gasteiger partial charge in [0.1, 0.15) is 5.76 Å². The molecule has 2 N–H and O–H groups in total. The Labute approximate surface area is 144 Å². The van der Waals surface area contributed by atoms with E-state index >= 15 is 0 Å². The Morgan fingerprint density at radius 1 is 1.42 bits per heavy atom. The summed E-state index contributed by atoms with van der Waals surface area (Å²) in [6, 6.07) is 1.91. The van der Waals surface area contributed by atoms with Crippen molar-refractivity contribution in [3.63, 3.8) is 0 Å². The molecular formula is C17H22N2O4S. The van der Waals surface area contributed by atoms with Gasteiger partial charge in [-0.25, -0.2) is 4.98 Å². The second-order valence-electron chi connectivity index (χ2n) is 6.18. The van der Waals surface area contributed by atoms with E-state index in [4.69, 9.17) is 4.42 Å². The van der Waals surface area contributed by atoms with E-state index in [1.54, 1.807) is 18.3 Å². The molecule has 2 aromatic heterocycles. The molecule has 2 heterocycles. The van der Waals surface area contributed by atoms with Crippen LogP contribution in [0.25, 0.3) is 11.5 Å². The lowest BCUT2D eigenvalue weighted by atomic mass is 9.97. The van der Waals surface area contributed by atoms with Crippen molar-refractivity contribution < 1.29 is 19.1 Å². The number of nitrogens with zero attached hydrogens (tertiary/aromatic N) is 1. The number of carbonyl (C=O) groups excluding carboxylic acids is 1. The third-order valence-electron chi connectivity index (χ3n) is 3.64. The Morgan fingerprint density at radius 3 is 2.75 bits per heavy atom. The van der Waals surface area contributed by atoms with Crippen LogP contribution in [-0.4, -0.2) is 28.5 Å². The fraction of sp³-hybridized carbons (Fsp3) is 0.471. The molecule has 0 aromatic carbocycles. The molecule has 7 heteroatoms. The number of carbonyl (C=O) groups is 2. The van der Waals surface area contributed by atoms with Crippen LogP contribution >= 0.6 is 11.3 Å². The molecule has 0 spiro atoms. The highest BCUT2D eigenvalue weighted by molar-refractivity contribution is 7.08. The number of aryl methyl sites for hydroxylation is 1. The lowest BCUT2D eigenvalue weighted by Crippen LogP contribution is -2.34. The number of amides is 1. The van der Waals surface area contributed by atoms with E-state index in [0.717, 1.165) is 5.56 Å². The average Bonchev–Trinajstić information content (AvgIpc) is 3.13. The highest BCUT2D eigenvalue weighted by Gasteiger charge is 2.21. The first kappa shape index (κ1) is 18.2. The summed E-state index contributed by atoms with van der Waals surface area (Å²) in [6.07, 6.45) is 0.606. The number of hydrogen-bond donors (Lipinski definition) is 2. The molecule has 0 aliphatic rings. The molecule has 1 unspecified atom stereocenters. The molecule has 0 saturated heterocycles. The van der Waals surface area contributed by atoms with Crippen molar-refractivity contribution in [3.8, 4) is 11.5 Å². The van der Waals surface area contributed by atoms with Gasteiger partial charge >= 0.3 is 5.97 Å². The maximum atomic E-state index is 12.1. The molecule has 0 aliphatic heterocycles. The molecule has 0 radical (unpaired) electrons. The summed E-state index contributed by atoms with van der Waals surface area (Å²) in [5.41, 5.74) is 1.46. The largest absolute Gasteiger partial charge is 0.481 e.